The van der Waals surface area contributed by atoms with Gasteiger partial charge in [-0.1, -0.05) is 26.5 Å². The molecule has 4 aromatic rings. The van der Waals surface area contributed by atoms with E-state index >= 15 is 0 Å². The van der Waals surface area contributed by atoms with Crippen molar-refractivity contribution in [2.75, 3.05) is 49.3 Å². The maximum atomic E-state index is 13.9. The molecule has 0 saturated carbocycles. The SMILES string of the molecule is C=CC(=O)Nc1cc(Nc2nc(-c3ccnc(N4CCn5c(cc6c5CC(C)(C)C6)C4=O)c3CO)cn(C)c2=O)ccc1[C@@H]1CN(C)CC(=O)N1C. The summed E-state index contributed by atoms with van der Waals surface area (Å²) in [4.78, 5) is 66.9. The molecule has 14 nitrogen and oxygen atoms in total. The Morgan fingerprint density at radius 1 is 1.10 bits per heavy atom. The monoisotopic (exact) mass is 705 g/mol. The van der Waals surface area contributed by atoms with Crippen molar-refractivity contribution in [1.29, 1.82) is 0 Å². The van der Waals surface area contributed by atoms with Crippen LogP contribution in [0.1, 0.15) is 52.8 Å². The normalized spacial score (nSPS) is 18.3. The second-order valence-corrected chi connectivity index (χ2v) is 14.7. The van der Waals surface area contributed by atoms with Crippen molar-refractivity contribution in [1.82, 2.24) is 28.9 Å². The second-order valence-electron chi connectivity index (χ2n) is 14.7. The Morgan fingerprint density at radius 2 is 1.88 bits per heavy atom. The minimum atomic E-state index is -0.425. The molecule has 1 saturated heterocycles. The zero-order chi connectivity index (χ0) is 37.1. The number of anilines is 4. The minimum absolute atomic E-state index is 0.00464. The predicted molar refractivity (Wildman–Crippen MR) is 197 cm³/mol. The Balaban J connectivity index is 1.22. The molecule has 0 spiro atoms. The number of benzene rings is 1. The van der Waals surface area contributed by atoms with Crippen molar-refractivity contribution >= 4 is 40.7 Å². The van der Waals surface area contributed by atoms with Crippen LogP contribution in [0.25, 0.3) is 11.3 Å². The Morgan fingerprint density at radius 3 is 2.63 bits per heavy atom. The van der Waals surface area contributed by atoms with Crippen molar-refractivity contribution < 1.29 is 19.5 Å². The lowest BCUT2D eigenvalue weighted by Gasteiger charge is -2.38. The quantitative estimate of drug-likeness (QED) is 0.234. The molecule has 270 valence electrons. The molecular formula is C38H43N9O5. The van der Waals surface area contributed by atoms with Crippen molar-refractivity contribution in [2.24, 2.45) is 12.5 Å². The zero-order valence-corrected chi connectivity index (χ0v) is 30.1. The molecule has 3 aromatic heterocycles. The third-order valence-electron chi connectivity index (χ3n) is 10.3. The number of hydrogen-bond donors (Lipinski definition) is 3. The number of pyridine rings is 1. The fourth-order valence-corrected chi connectivity index (χ4v) is 7.70. The van der Waals surface area contributed by atoms with Gasteiger partial charge in [-0.15, -0.1) is 0 Å². The van der Waals surface area contributed by atoms with E-state index in [2.05, 4.69) is 40.6 Å². The Kier molecular flexibility index (Phi) is 8.83. The van der Waals surface area contributed by atoms with Crippen LogP contribution in [0.15, 0.2) is 60.2 Å². The molecule has 7 rings (SSSR count). The van der Waals surface area contributed by atoms with Crippen LogP contribution in [-0.2, 0) is 42.6 Å². The Labute approximate surface area is 301 Å². The van der Waals surface area contributed by atoms with E-state index in [0.717, 1.165) is 24.5 Å². The van der Waals surface area contributed by atoms with Gasteiger partial charge in [0.05, 0.1) is 24.9 Å². The lowest BCUT2D eigenvalue weighted by Crippen LogP contribution is -2.48. The van der Waals surface area contributed by atoms with Crippen LogP contribution in [0, 0.1) is 5.41 Å². The highest BCUT2D eigenvalue weighted by Crippen LogP contribution is 2.40. The van der Waals surface area contributed by atoms with Crippen LogP contribution in [0.5, 0.6) is 0 Å². The number of carbonyl (C=O) groups is 3. The molecule has 0 unspecified atom stereocenters. The second kappa shape index (κ2) is 13.2. The topological polar surface area (TPSA) is 158 Å². The molecule has 3 aliphatic rings. The van der Waals surface area contributed by atoms with Crippen LogP contribution < -0.4 is 21.1 Å². The fraction of sp³-hybridized carbons (Fsp3) is 0.368. The summed E-state index contributed by atoms with van der Waals surface area (Å²) >= 11 is 0. The van der Waals surface area contributed by atoms with E-state index in [1.807, 2.05) is 24.1 Å². The largest absolute Gasteiger partial charge is 0.392 e. The average Bonchev–Trinajstić information content (AvgIpc) is 3.60. The first kappa shape index (κ1) is 34.8. The number of piperazine rings is 1. The number of amides is 3. The summed E-state index contributed by atoms with van der Waals surface area (Å²) in [6, 6.07) is 8.64. The lowest BCUT2D eigenvalue weighted by atomic mass is 9.90. The van der Waals surface area contributed by atoms with Crippen molar-refractivity contribution in [3.05, 3.63) is 93.8 Å². The molecule has 1 aromatic carbocycles. The third kappa shape index (κ3) is 6.17. The minimum Gasteiger partial charge on any atom is -0.392 e. The molecule has 3 amide bonds. The molecule has 0 bridgehead atoms. The lowest BCUT2D eigenvalue weighted by molar-refractivity contribution is -0.137. The van der Waals surface area contributed by atoms with Crippen LogP contribution in [0.4, 0.5) is 23.0 Å². The molecule has 1 atom stereocenters. The highest BCUT2D eigenvalue weighted by Gasteiger charge is 2.38. The van der Waals surface area contributed by atoms with Gasteiger partial charge in [0, 0.05) is 74.3 Å². The number of fused-ring (bicyclic) bond motifs is 3. The van der Waals surface area contributed by atoms with Crippen LogP contribution >= 0.6 is 0 Å². The summed E-state index contributed by atoms with van der Waals surface area (Å²) in [6.45, 7) is 9.51. The van der Waals surface area contributed by atoms with Gasteiger partial charge in [0.25, 0.3) is 11.5 Å². The van der Waals surface area contributed by atoms with Gasteiger partial charge in [0.2, 0.25) is 11.8 Å². The molecule has 14 heteroatoms. The van der Waals surface area contributed by atoms with Gasteiger partial charge in [-0.05, 0) is 66.8 Å². The number of aryl methyl sites for hydroxylation is 1. The fourth-order valence-electron chi connectivity index (χ4n) is 7.70. The van der Waals surface area contributed by atoms with Gasteiger partial charge < -0.3 is 29.8 Å². The van der Waals surface area contributed by atoms with Gasteiger partial charge in [-0.25, -0.2) is 9.97 Å². The molecule has 3 N–H and O–H groups in total. The summed E-state index contributed by atoms with van der Waals surface area (Å²) < 4.78 is 3.52. The highest BCUT2D eigenvalue weighted by molar-refractivity contribution is 6.06. The molecule has 1 aliphatic carbocycles. The summed E-state index contributed by atoms with van der Waals surface area (Å²) in [6.07, 6.45) is 6.16. The Bertz CT molecular complexity index is 2200. The van der Waals surface area contributed by atoms with Crippen LogP contribution in [-0.4, -0.2) is 85.5 Å². The van der Waals surface area contributed by atoms with Gasteiger partial charge in [0.15, 0.2) is 5.82 Å². The maximum Gasteiger partial charge on any atom is 0.293 e. The third-order valence-corrected chi connectivity index (χ3v) is 10.3. The van der Waals surface area contributed by atoms with Crippen LogP contribution in [0.3, 0.4) is 0 Å². The zero-order valence-electron chi connectivity index (χ0n) is 30.1. The van der Waals surface area contributed by atoms with E-state index in [1.54, 1.807) is 54.5 Å². The van der Waals surface area contributed by atoms with Gasteiger partial charge in [-0.2, -0.15) is 0 Å². The van der Waals surface area contributed by atoms with E-state index in [1.165, 1.54) is 15.8 Å². The predicted octanol–water partition coefficient (Wildman–Crippen LogP) is 3.23. The average molecular weight is 706 g/mol. The first-order valence-corrected chi connectivity index (χ1v) is 17.3. The standard InChI is InChI=1S/C38H43N9O5/c1-7-32(49)41-27-15-23(8-9-25(27)31-19-43(4)20-33(50)45(31)6)40-34-37(52)44(5)18-28(42-34)24-10-11-39-35(26(24)21-48)47-13-12-46-29(36(47)51)14-22-16-38(2,3)17-30(22)46/h7-11,14-15,18,31,48H,1,12-13,16-17,19-21H2,2-6H3,(H,40,42)(H,41,49)/t31-/m0/s1. The van der Waals surface area contributed by atoms with Crippen LogP contribution in [0.2, 0.25) is 0 Å². The van der Waals surface area contributed by atoms with E-state index in [4.69, 9.17) is 4.98 Å². The number of aliphatic hydroxyl groups is 1. The number of aromatic nitrogens is 4. The number of nitrogens with zero attached hydrogens (tertiary/aromatic N) is 7. The molecule has 2 aliphatic heterocycles. The smallest absolute Gasteiger partial charge is 0.293 e. The first-order valence-electron chi connectivity index (χ1n) is 17.3. The summed E-state index contributed by atoms with van der Waals surface area (Å²) in [5.41, 5.74) is 5.78. The van der Waals surface area contributed by atoms with Crippen molar-refractivity contribution in [2.45, 2.75) is 45.9 Å². The molecule has 5 heterocycles. The number of likely N-dealkylation sites (N-methyl/N-ethyl adjacent to an activating group) is 2. The number of aliphatic hydroxyl groups excluding tert-OH is 1. The number of nitrogens with one attached hydrogen (secondary N) is 2. The van der Waals surface area contributed by atoms with E-state index in [-0.39, 0.29) is 29.1 Å². The summed E-state index contributed by atoms with van der Waals surface area (Å²) in [5, 5.41) is 16.7. The van der Waals surface area contributed by atoms with E-state index in [9.17, 15) is 24.3 Å². The molecule has 0 radical (unpaired) electrons. The highest BCUT2D eigenvalue weighted by atomic mass is 16.3. The van der Waals surface area contributed by atoms with Crippen molar-refractivity contribution in [3.63, 3.8) is 0 Å². The summed E-state index contributed by atoms with van der Waals surface area (Å²) in [5.74, 6) is -0.291. The summed E-state index contributed by atoms with van der Waals surface area (Å²) in [7, 11) is 5.21. The number of carbonyl (C=O) groups excluding carboxylic acids is 3. The Hall–Kier alpha value is -5.60. The number of hydrogen-bond acceptors (Lipinski definition) is 9. The maximum absolute atomic E-state index is 13.9. The van der Waals surface area contributed by atoms with E-state index in [0.29, 0.717) is 65.9 Å². The van der Waals surface area contributed by atoms with Gasteiger partial charge >= 0.3 is 0 Å². The van der Waals surface area contributed by atoms with E-state index < -0.39 is 18.1 Å². The first-order chi connectivity index (χ1) is 24.8. The van der Waals surface area contributed by atoms with Gasteiger partial charge in [-0.3, -0.25) is 29.0 Å². The molecule has 52 heavy (non-hydrogen) atoms. The molecule has 1 fully saturated rings. The number of rotatable bonds is 8. The van der Waals surface area contributed by atoms with Crippen molar-refractivity contribution in [3.8, 4) is 11.3 Å². The molecular weight excluding hydrogens is 662 g/mol. The van der Waals surface area contributed by atoms with Gasteiger partial charge in [0.1, 0.15) is 11.5 Å².